The SMILES string of the molecule is N[C@@H](c1ccc(S)cc1O)C1CCC1. The maximum atomic E-state index is 9.70. The van der Waals surface area contributed by atoms with Crippen molar-refractivity contribution in [2.45, 2.75) is 30.2 Å². The van der Waals surface area contributed by atoms with E-state index in [1.54, 1.807) is 6.07 Å². The lowest BCUT2D eigenvalue weighted by molar-refractivity contribution is 0.260. The number of hydrogen-bond acceptors (Lipinski definition) is 3. The lowest BCUT2D eigenvalue weighted by Crippen LogP contribution is -2.26. The van der Waals surface area contributed by atoms with Crippen LogP contribution >= 0.6 is 12.6 Å². The summed E-state index contributed by atoms with van der Waals surface area (Å²) in [5.74, 6) is 0.823. The van der Waals surface area contributed by atoms with Crippen LogP contribution in [0.3, 0.4) is 0 Å². The summed E-state index contributed by atoms with van der Waals surface area (Å²) in [4.78, 5) is 0.770. The second-order valence-electron chi connectivity index (χ2n) is 3.96. The molecule has 0 radical (unpaired) electrons. The molecule has 0 bridgehead atoms. The van der Waals surface area contributed by atoms with E-state index in [2.05, 4.69) is 12.6 Å². The van der Waals surface area contributed by atoms with E-state index < -0.39 is 0 Å². The van der Waals surface area contributed by atoms with Gasteiger partial charge in [-0.2, -0.15) is 0 Å². The molecule has 0 aliphatic heterocycles. The van der Waals surface area contributed by atoms with Crippen LogP contribution in [0.1, 0.15) is 30.9 Å². The Morgan fingerprint density at radius 1 is 1.43 bits per heavy atom. The van der Waals surface area contributed by atoms with E-state index in [1.165, 1.54) is 19.3 Å². The molecular weight excluding hydrogens is 194 g/mol. The second-order valence-corrected chi connectivity index (χ2v) is 4.48. The summed E-state index contributed by atoms with van der Waals surface area (Å²) in [5.41, 5.74) is 6.92. The Kier molecular flexibility index (Phi) is 2.70. The van der Waals surface area contributed by atoms with Crippen molar-refractivity contribution in [2.75, 3.05) is 0 Å². The van der Waals surface area contributed by atoms with Gasteiger partial charge in [0.15, 0.2) is 0 Å². The highest BCUT2D eigenvalue weighted by Crippen LogP contribution is 2.39. The van der Waals surface area contributed by atoms with Gasteiger partial charge in [-0.25, -0.2) is 0 Å². The standard InChI is InChI=1S/C11H15NOS/c12-11(7-2-1-3-7)9-5-4-8(14)6-10(9)13/h4-7,11,13-14H,1-3,12H2/t11-/m1/s1. The smallest absolute Gasteiger partial charge is 0.121 e. The molecular formula is C11H15NOS. The zero-order valence-electron chi connectivity index (χ0n) is 7.98. The number of nitrogens with two attached hydrogens (primary N) is 1. The highest BCUT2D eigenvalue weighted by atomic mass is 32.1. The first-order chi connectivity index (χ1) is 6.68. The van der Waals surface area contributed by atoms with Crippen LogP contribution in [0.25, 0.3) is 0 Å². The molecule has 1 aromatic rings. The molecule has 0 heterocycles. The predicted octanol–water partition coefficient (Wildman–Crippen LogP) is 2.48. The van der Waals surface area contributed by atoms with Crippen LogP contribution in [-0.2, 0) is 0 Å². The zero-order valence-corrected chi connectivity index (χ0v) is 8.87. The molecule has 76 valence electrons. The molecule has 3 heteroatoms. The molecule has 1 fully saturated rings. The van der Waals surface area contributed by atoms with Gasteiger partial charge in [0.2, 0.25) is 0 Å². The van der Waals surface area contributed by atoms with Crippen molar-refractivity contribution in [2.24, 2.45) is 11.7 Å². The number of aromatic hydroxyl groups is 1. The monoisotopic (exact) mass is 209 g/mol. The summed E-state index contributed by atoms with van der Waals surface area (Å²) in [6, 6.07) is 5.38. The van der Waals surface area contributed by atoms with E-state index in [9.17, 15) is 5.11 Å². The first-order valence-electron chi connectivity index (χ1n) is 4.96. The molecule has 0 saturated heterocycles. The molecule has 0 spiro atoms. The van der Waals surface area contributed by atoms with Crippen LogP contribution in [0, 0.1) is 5.92 Å². The van der Waals surface area contributed by atoms with Gasteiger partial charge in [0.1, 0.15) is 5.75 Å². The fraction of sp³-hybridized carbons (Fsp3) is 0.455. The van der Waals surface area contributed by atoms with Gasteiger partial charge in [-0.3, -0.25) is 0 Å². The lowest BCUT2D eigenvalue weighted by Gasteiger charge is -2.31. The Hall–Kier alpha value is -0.670. The third-order valence-corrected chi connectivity index (χ3v) is 3.31. The first kappa shape index (κ1) is 9.87. The number of thiol groups is 1. The van der Waals surface area contributed by atoms with Crippen LogP contribution in [-0.4, -0.2) is 5.11 Å². The molecule has 0 aromatic heterocycles. The molecule has 2 nitrogen and oxygen atoms in total. The van der Waals surface area contributed by atoms with E-state index in [1.807, 2.05) is 12.1 Å². The van der Waals surface area contributed by atoms with Gasteiger partial charge in [-0.1, -0.05) is 12.5 Å². The van der Waals surface area contributed by atoms with Crippen molar-refractivity contribution in [3.63, 3.8) is 0 Å². The fourth-order valence-electron chi connectivity index (χ4n) is 1.87. The summed E-state index contributed by atoms with van der Waals surface area (Å²) in [6.07, 6.45) is 3.64. The maximum Gasteiger partial charge on any atom is 0.121 e. The summed E-state index contributed by atoms with van der Waals surface area (Å²) >= 11 is 4.16. The highest BCUT2D eigenvalue weighted by molar-refractivity contribution is 7.80. The number of benzene rings is 1. The lowest BCUT2D eigenvalue weighted by atomic mass is 9.77. The van der Waals surface area contributed by atoms with Crippen LogP contribution in [0.4, 0.5) is 0 Å². The van der Waals surface area contributed by atoms with Gasteiger partial charge in [0.25, 0.3) is 0 Å². The molecule has 1 atom stereocenters. The van der Waals surface area contributed by atoms with Crippen LogP contribution < -0.4 is 5.73 Å². The minimum Gasteiger partial charge on any atom is -0.508 e. The predicted molar refractivity (Wildman–Crippen MR) is 59.6 cm³/mol. The van der Waals surface area contributed by atoms with E-state index in [0.717, 1.165) is 10.5 Å². The van der Waals surface area contributed by atoms with Crippen LogP contribution in [0.5, 0.6) is 5.75 Å². The highest BCUT2D eigenvalue weighted by Gasteiger charge is 2.26. The Labute approximate surface area is 89.5 Å². The van der Waals surface area contributed by atoms with Gasteiger partial charge >= 0.3 is 0 Å². The Balaban J connectivity index is 2.22. The number of rotatable bonds is 2. The van der Waals surface area contributed by atoms with E-state index in [4.69, 9.17) is 5.73 Å². The minimum atomic E-state index is -0.0160. The molecule has 1 saturated carbocycles. The Bertz CT molecular complexity index is 336. The topological polar surface area (TPSA) is 46.2 Å². The maximum absolute atomic E-state index is 9.70. The summed E-state index contributed by atoms with van der Waals surface area (Å²) < 4.78 is 0. The average Bonchev–Trinajstić information content (AvgIpc) is 2.00. The summed E-state index contributed by atoms with van der Waals surface area (Å²) in [6.45, 7) is 0. The molecule has 0 unspecified atom stereocenters. The van der Waals surface area contributed by atoms with E-state index in [-0.39, 0.29) is 11.8 Å². The summed E-state index contributed by atoms with van der Waals surface area (Å²) in [5, 5.41) is 9.70. The van der Waals surface area contributed by atoms with Crippen molar-refractivity contribution >= 4 is 12.6 Å². The van der Waals surface area contributed by atoms with Crippen molar-refractivity contribution in [3.8, 4) is 5.75 Å². The molecule has 3 N–H and O–H groups in total. The Morgan fingerprint density at radius 3 is 2.64 bits per heavy atom. The van der Waals surface area contributed by atoms with E-state index in [0.29, 0.717) is 5.92 Å². The van der Waals surface area contributed by atoms with Gasteiger partial charge < -0.3 is 10.8 Å². The molecule has 1 aromatic carbocycles. The average molecular weight is 209 g/mol. The van der Waals surface area contributed by atoms with Gasteiger partial charge in [-0.15, -0.1) is 12.6 Å². The van der Waals surface area contributed by atoms with Gasteiger partial charge in [0, 0.05) is 16.5 Å². The zero-order chi connectivity index (χ0) is 10.1. The first-order valence-corrected chi connectivity index (χ1v) is 5.40. The van der Waals surface area contributed by atoms with Gasteiger partial charge in [-0.05, 0) is 30.9 Å². The molecule has 0 amide bonds. The van der Waals surface area contributed by atoms with Crippen LogP contribution in [0.2, 0.25) is 0 Å². The Morgan fingerprint density at radius 2 is 2.14 bits per heavy atom. The minimum absolute atomic E-state index is 0.0160. The molecule has 14 heavy (non-hydrogen) atoms. The number of hydrogen-bond donors (Lipinski definition) is 3. The quantitative estimate of drug-likeness (QED) is 0.655. The molecule has 1 aliphatic rings. The third-order valence-electron chi connectivity index (χ3n) is 3.03. The van der Waals surface area contributed by atoms with Crippen molar-refractivity contribution < 1.29 is 5.11 Å². The van der Waals surface area contributed by atoms with E-state index >= 15 is 0 Å². The molecule has 1 aliphatic carbocycles. The molecule has 2 rings (SSSR count). The largest absolute Gasteiger partial charge is 0.508 e. The normalized spacial score (nSPS) is 19.0. The second kappa shape index (κ2) is 3.83. The van der Waals surface area contributed by atoms with Gasteiger partial charge in [0.05, 0.1) is 0 Å². The van der Waals surface area contributed by atoms with Crippen LogP contribution in [0.15, 0.2) is 23.1 Å². The number of phenolic OH excluding ortho intramolecular Hbond substituents is 1. The summed E-state index contributed by atoms with van der Waals surface area (Å²) in [7, 11) is 0. The number of phenols is 1. The van der Waals surface area contributed by atoms with Crippen molar-refractivity contribution in [3.05, 3.63) is 23.8 Å². The van der Waals surface area contributed by atoms with Crippen molar-refractivity contribution in [1.82, 2.24) is 0 Å². The fourth-order valence-corrected chi connectivity index (χ4v) is 2.06. The van der Waals surface area contributed by atoms with Crippen molar-refractivity contribution in [1.29, 1.82) is 0 Å². The third kappa shape index (κ3) is 1.74.